The third-order valence-corrected chi connectivity index (χ3v) is 1.14. The van der Waals surface area contributed by atoms with Gasteiger partial charge in [-0.1, -0.05) is 5.92 Å². The molecule has 0 unspecified atom stereocenters. The molecule has 0 N–H and O–H groups in total. The molecule has 4 heteroatoms. The van der Waals surface area contributed by atoms with Crippen LogP contribution in [0.2, 0.25) is 0 Å². The van der Waals surface area contributed by atoms with Crippen LogP contribution in [-0.4, -0.2) is 25.7 Å². The van der Waals surface area contributed by atoms with E-state index in [0.29, 0.717) is 13.0 Å². The summed E-state index contributed by atoms with van der Waals surface area (Å²) < 4.78 is 8.93. The molecule has 4 nitrogen and oxygen atoms in total. The Kier molecular flexibility index (Phi) is 6.34. The number of ether oxygens (including phenoxy) is 2. The Balaban J connectivity index is 3.58. The van der Waals surface area contributed by atoms with Gasteiger partial charge in [-0.05, 0) is 6.92 Å². The molecule has 0 amide bonds. The highest BCUT2D eigenvalue weighted by Crippen LogP contribution is 1.90. The van der Waals surface area contributed by atoms with Crippen LogP contribution in [0, 0.1) is 11.8 Å². The molecule has 0 aromatic rings. The van der Waals surface area contributed by atoms with Crippen LogP contribution < -0.4 is 0 Å². The van der Waals surface area contributed by atoms with E-state index in [0.717, 1.165) is 0 Å². The van der Waals surface area contributed by atoms with Crippen LogP contribution >= 0.6 is 0 Å². The fourth-order valence-corrected chi connectivity index (χ4v) is 0.583. The second-order valence-electron chi connectivity index (χ2n) is 2.10. The third-order valence-electron chi connectivity index (χ3n) is 1.14. The van der Waals surface area contributed by atoms with E-state index in [1.807, 2.05) is 0 Å². The highest BCUT2D eigenvalue weighted by atomic mass is 16.5. The van der Waals surface area contributed by atoms with Crippen molar-refractivity contribution in [1.29, 1.82) is 0 Å². The highest BCUT2D eigenvalue weighted by molar-refractivity contribution is 5.88. The van der Waals surface area contributed by atoms with Crippen LogP contribution in [0.5, 0.6) is 0 Å². The number of rotatable bonds is 3. The number of hydrogen-bond donors (Lipinski definition) is 0. The van der Waals surface area contributed by atoms with Gasteiger partial charge in [-0.25, -0.2) is 4.79 Å². The van der Waals surface area contributed by atoms with Crippen molar-refractivity contribution in [3.05, 3.63) is 0 Å². The maximum absolute atomic E-state index is 10.8. The first-order valence-corrected chi connectivity index (χ1v) is 3.93. The van der Waals surface area contributed by atoms with E-state index in [-0.39, 0.29) is 12.4 Å². The molecule has 0 bridgehead atoms. The van der Waals surface area contributed by atoms with Gasteiger partial charge >= 0.3 is 11.9 Å². The van der Waals surface area contributed by atoms with Crippen LogP contribution in [0.3, 0.4) is 0 Å². The molecule has 0 aliphatic carbocycles. The molecule has 0 fully saturated rings. The lowest BCUT2D eigenvalue weighted by atomic mass is 10.3. The van der Waals surface area contributed by atoms with Gasteiger partial charge in [0.25, 0.3) is 0 Å². The Hall–Kier alpha value is -1.50. The molecular formula is C9H12O4. The molecule has 0 aliphatic rings. The van der Waals surface area contributed by atoms with E-state index in [1.54, 1.807) is 6.92 Å². The summed E-state index contributed by atoms with van der Waals surface area (Å²) in [6, 6.07) is 0. The van der Waals surface area contributed by atoms with Crippen LogP contribution in [0.1, 0.15) is 19.8 Å². The van der Waals surface area contributed by atoms with E-state index >= 15 is 0 Å². The first-order valence-electron chi connectivity index (χ1n) is 3.93. The van der Waals surface area contributed by atoms with E-state index in [9.17, 15) is 9.59 Å². The zero-order chi connectivity index (χ0) is 10.1. The predicted molar refractivity (Wildman–Crippen MR) is 45.7 cm³/mol. The fraction of sp³-hybridized carbons (Fsp3) is 0.556. The molecule has 72 valence electrons. The molecule has 0 atom stereocenters. The minimum Gasteiger partial charge on any atom is -0.466 e. The van der Waals surface area contributed by atoms with Gasteiger partial charge in [0.1, 0.15) is 0 Å². The molecule has 0 aromatic heterocycles. The number of hydrogen-bond acceptors (Lipinski definition) is 4. The summed E-state index contributed by atoms with van der Waals surface area (Å²) in [7, 11) is 1.25. The molecular weight excluding hydrogens is 172 g/mol. The Morgan fingerprint density at radius 2 is 2.08 bits per heavy atom. The second-order valence-corrected chi connectivity index (χ2v) is 2.10. The van der Waals surface area contributed by atoms with Crippen molar-refractivity contribution in [1.82, 2.24) is 0 Å². The lowest BCUT2D eigenvalue weighted by Crippen LogP contribution is -2.02. The smallest absolute Gasteiger partial charge is 0.384 e. The van der Waals surface area contributed by atoms with Crippen LogP contribution in [-0.2, 0) is 19.1 Å². The lowest BCUT2D eigenvalue weighted by molar-refractivity contribution is -0.143. The Morgan fingerprint density at radius 1 is 1.38 bits per heavy atom. The number of carbonyl (C=O) groups is 2. The summed E-state index contributed by atoms with van der Waals surface area (Å²) in [5.74, 6) is 3.81. The van der Waals surface area contributed by atoms with Crippen molar-refractivity contribution in [2.75, 3.05) is 13.7 Å². The molecule has 0 heterocycles. The number of carbonyl (C=O) groups excluding carboxylic acids is 2. The quantitative estimate of drug-likeness (QED) is 0.364. The van der Waals surface area contributed by atoms with Crippen LogP contribution in [0.4, 0.5) is 0 Å². The van der Waals surface area contributed by atoms with Crippen molar-refractivity contribution >= 4 is 11.9 Å². The van der Waals surface area contributed by atoms with Gasteiger partial charge in [0.05, 0.1) is 20.1 Å². The minimum absolute atomic E-state index is 0.206. The minimum atomic E-state index is -0.594. The summed E-state index contributed by atoms with van der Waals surface area (Å²) >= 11 is 0. The number of methoxy groups -OCH3 is 1. The molecule has 13 heavy (non-hydrogen) atoms. The lowest BCUT2D eigenvalue weighted by Gasteiger charge is -1.96. The zero-order valence-electron chi connectivity index (χ0n) is 7.75. The van der Waals surface area contributed by atoms with E-state index in [1.165, 1.54) is 7.11 Å². The molecule has 0 saturated carbocycles. The zero-order valence-corrected chi connectivity index (χ0v) is 7.75. The monoisotopic (exact) mass is 184 g/mol. The predicted octanol–water partition coefficient (Wildman–Crippen LogP) is 0.506. The van der Waals surface area contributed by atoms with Crippen molar-refractivity contribution < 1.29 is 19.1 Å². The van der Waals surface area contributed by atoms with E-state index < -0.39 is 5.97 Å². The number of esters is 2. The SMILES string of the molecule is CCOC(=O)CCC#CC(=O)OC. The summed E-state index contributed by atoms with van der Waals surface area (Å²) in [6.45, 7) is 2.10. The largest absolute Gasteiger partial charge is 0.466 e. The summed E-state index contributed by atoms with van der Waals surface area (Å²) in [5.41, 5.74) is 0. The average molecular weight is 184 g/mol. The van der Waals surface area contributed by atoms with E-state index in [4.69, 9.17) is 0 Å². The maximum Gasteiger partial charge on any atom is 0.384 e. The van der Waals surface area contributed by atoms with Gasteiger partial charge in [0, 0.05) is 12.3 Å². The second kappa shape index (κ2) is 7.17. The van der Waals surface area contributed by atoms with E-state index in [2.05, 4.69) is 21.3 Å². The summed E-state index contributed by atoms with van der Waals surface area (Å²) in [6.07, 6.45) is 0.520. The molecule has 0 saturated heterocycles. The summed E-state index contributed by atoms with van der Waals surface area (Å²) in [4.78, 5) is 21.2. The van der Waals surface area contributed by atoms with Gasteiger partial charge in [0.2, 0.25) is 0 Å². The third kappa shape index (κ3) is 6.88. The topological polar surface area (TPSA) is 52.6 Å². The molecule has 0 radical (unpaired) electrons. The van der Waals surface area contributed by atoms with Gasteiger partial charge < -0.3 is 9.47 Å². The Bertz CT molecular complexity index is 234. The van der Waals surface area contributed by atoms with Crippen molar-refractivity contribution in [2.24, 2.45) is 0 Å². The van der Waals surface area contributed by atoms with Crippen molar-refractivity contribution in [3.63, 3.8) is 0 Å². The molecule has 0 aliphatic heterocycles. The first-order chi connectivity index (χ1) is 6.20. The van der Waals surface area contributed by atoms with Crippen LogP contribution in [0.15, 0.2) is 0 Å². The average Bonchev–Trinajstić information content (AvgIpc) is 2.12. The molecule has 0 spiro atoms. The van der Waals surface area contributed by atoms with Gasteiger partial charge in [0.15, 0.2) is 0 Å². The Morgan fingerprint density at radius 3 is 2.62 bits per heavy atom. The maximum atomic E-state index is 10.8. The molecule has 0 rings (SSSR count). The first kappa shape index (κ1) is 11.5. The van der Waals surface area contributed by atoms with Crippen molar-refractivity contribution in [2.45, 2.75) is 19.8 Å². The van der Waals surface area contributed by atoms with Crippen LogP contribution in [0.25, 0.3) is 0 Å². The van der Waals surface area contributed by atoms with Gasteiger partial charge in [-0.2, -0.15) is 0 Å². The normalized spacial score (nSPS) is 8.15. The van der Waals surface area contributed by atoms with Crippen molar-refractivity contribution in [3.8, 4) is 11.8 Å². The highest BCUT2D eigenvalue weighted by Gasteiger charge is 1.98. The molecule has 0 aromatic carbocycles. The fourth-order valence-electron chi connectivity index (χ4n) is 0.583. The Labute approximate surface area is 77.2 Å². The summed E-state index contributed by atoms with van der Waals surface area (Å²) in [5, 5.41) is 0. The van der Waals surface area contributed by atoms with Gasteiger partial charge in [-0.3, -0.25) is 4.79 Å². The van der Waals surface area contributed by atoms with Gasteiger partial charge in [-0.15, -0.1) is 0 Å². The standard InChI is InChI=1S/C9H12O4/c1-3-13-9(11)7-5-4-6-8(10)12-2/h3,5,7H2,1-2H3.